The summed E-state index contributed by atoms with van der Waals surface area (Å²) in [6.07, 6.45) is 1.70. The molecule has 4 heterocycles. The molecule has 2 aliphatic rings. The van der Waals surface area contributed by atoms with Crippen molar-refractivity contribution in [2.24, 2.45) is 0 Å². The summed E-state index contributed by atoms with van der Waals surface area (Å²) in [6, 6.07) is 9.60. The van der Waals surface area contributed by atoms with Crippen LogP contribution in [0.3, 0.4) is 0 Å². The summed E-state index contributed by atoms with van der Waals surface area (Å²) in [7, 11) is 0. The summed E-state index contributed by atoms with van der Waals surface area (Å²) >= 11 is 7.81. The number of hydrogen-bond acceptors (Lipinski definition) is 6. The molecular formula is C21H17ClN4O2S. The second-order valence-electron chi connectivity index (χ2n) is 7.12. The van der Waals surface area contributed by atoms with Gasteiger partial charge in [0.1, 0.15) is 16.7 Å². The predicted molar refractivity (Wildman–Crippen MR) is 112 cm³/mol. The Labute approximate surface area is 176 Å². The highest BCUT2D eigenvalue weighted by Crippen LogP contribution is 2.44. The maximum atomic E-state index is 13.0. The van der Waals surface area contributed by atoms with Gasteiger partial charge in [0, 0.05) is 60.5 Å². The van der Waals surface area contributed by atoms with Gasteiger partial charge in [-0.25, -0.2) is 0 Å². The van der Waals surface area contributed by atoms with Gasteiger partial charge < -0.3 is 15.0 Å². The first-order chi connectivity index (χ1) is 14.1. The zero-order valence-electron chi connectivity index (χ0n) is 15.4. The summed E-state index contributed by atoms with van der Waals surface area (Å²) in [6.45, 7) is 2.99. The van der Waals surface area contributed by atoms with Crippen molar-refractivity contribution in [1.82, 2.24) is 15.2 Å². The van der Waals surface area contributed by atoms with Crippen molar-refractivity contribution in [3.05, 3.63) is 45.9 Å². The lowest BCUT2D eigenvalue weighted by Crippen LogP contribution is -2.50. The van der Waals surface area contributed by atoms with Crippen LogP contribution in [0.5, 0.6) is 5.75 Å². The highest BCUT2D eigenvalue weighted by molar-refractivity contribution is 7.20. The van der Waals surface area contributed by atoms with Crippen LogP contribution in [0.15, 0.2) is 30.5 Å². The van der Waals surface area contributed by atoms with Gasteiger partial charge in [-0.3, -0.25) is 9.78 Å². The van der Waals surface area contributed by atoms with Crippen LogP contribution in [-0.4, -0.2) is 48.1 Å². The quantitative estimate of drug-likeness (QED) is 0.683. The number of fused-ring (bicyclic) bond motifs is 2. The molecule has 1 atom stereocenters. The van der Waals surface area contributed by atoms with E-state index in [1.807, 2.05) is 23.1 Å². The van der Waals surface area contributed by atoms with Gasteiger partial charge in [0.25, 0.3) is 5.91 Å². The average molecular weight is 425 g/mol. The van der Waals surface area contributed by atoms with E-state index in [9.17, 15) is 10.1 Å². The fourth-order valence-electron chi connectivity index (χ4n) is 3.96. The lowest BCUT2D eigenvalue weighted by molar-refractivity contribution is -0.138. The van der Waals surface area contributed by atoms with Gasteiger partial charge in [-0.2, -0.15) is 5.26 Å². The van der Waals surface area contributed by atoms with E-state index >= 15 is 0 Å². The van der Waals surface area contributed by atoms with Gasteiger partial charge in [0.05, 0.1) is 10.2 Å². The molecule has 29 heavy (non-hydrogen) atoms. The Morgan fingerprint density at radius 3 is 2.93 bits per heavy atom. The summed E-state index contributed by atoms with van der Waals surface area (Å²) < 4.78 is 7.10. The summed E-state index contributed by atoms with van der Waals surface area (Å²) in [5, 5.41) is 13.1. The molecule has 1 amide bonds. The number of halogens is 1. The third kappa shape index (κ3) is 3.23. The minimum atomic E-state index is -0.532. The van der Waals surface area contributed by atoms with Crippen LogP contribution >= 0.6 is 22.9 Å². The van der Waals surface area contributed by atoms with Crippen molar-refractivity contribution < 1.29 is 9.53 Å². The standard InChI is InChI=1S/C21H17ClN4O2S/c22-13-7-12-8-18(21(27)26-5-3-24-4-6-26)28-19(12)16(9-13)15-1-2-25-17-10-14(11-23)29-20(15)17/h1-2,7,9-10,18,24H,3-6,8H2/t18-/m1/s1. The molecule has 1 N–H and O–H groups in total. The molecule has 0 radical (unpaired) electrons. The van der Waals surface area contributed by atoms with E-state index in [4.69, 9.17) is 16.3 Å². The lowest BCUT2D eigenvalue weighted by atomic mass is 10.0. The second-order valence-corrected chi connectivity index (χ2v) is 8.61. The molecule has 8 heteroatoms. The molecule has 5 rings (SSSR count). The van der Waals surface area contributed by atoms with Crippen LogP contribution in [0.4, 0.5) is 0 Å². The van der Waals surface area contributed by atoms with Crippen LogP contribution in [-0.2, 0) is 11.2 Å². The maximum Gasteiger partial charge on any atom is 0.264 e. The Balaban J connectivity index is 1.55. The number of rotatable bonds is 2. The molecule has 6 nitrogen and oxygen atoms in total. The number of piperazine rings is 1. The molecule has 0 unspecified atom stereocenters. The molecule has 0 bridgehead atoms. The molecule has 3 aromatic rings. The minimum Gasteiger partial charge on any atom is -0.479 e. The topological polar surface area (TPSA) is 78.2 Å². The smallest absolute Gasteiger partial charge is 0.264 e. The third-order valence-corrected chi connectivity index (χ3v) is 6.59. The predicted octanol–water partition coefficient (Wildman–Crippen LogP) is 3.22. The summed E-state index contributed by atoms with van der Waals surface area (Å²) in [5.74, 6) is 0.717. The largest absolute Gasteiger partial charge is 0.479 e. The van der Waals surface area contributed by atoms with E-state index in [0.717, 1.165) is 40.0 Å². The van der Waals surface area contributed by atoms with E-state index in [1.165, 1.54) is 11.3 Å². The molecule has 0 spiro atoms. The number of pyridine rings is 1. The first kappa shape index (κ1) is 18.4. The Hall–Kier alpha value is -2.66. The number of nitrogens with zero attached hydrogens (tertiary/aromatic N) is 3. The van der Waals surface area contributed by atoms with Crippen molar-refractivity contribution in [3.8, 4) is 22.9 Å². The van der Waals surface area contributed by atoms with E-state index < -0.39 is 6.10 Å². The van der Waals surface area contributed by atoms with Crippen molar-refractivity contribution in [2.45, 2.75) is 12.5 Å². The lowest BCUT2D eigenvalue weighted by Gasteiger charge is -2.29. The van der Waals surface area contributed by atoms with Gasteiger partial charge in [-0.05, 0) is 24.3 Å². The fourth-order valence-corrected chi connectivity index (χ4v) is 5.14. The zero-order valence-corrected chi connectivity index (χ0v) is 17.0. The van der Waals surface area contributed by atoms with E-state index in [2.05, 4.69) is 16.4 Å². The number of thiophene rings is 1. The molecule has 0 aliphatic carbocycles. The van der Waals surface area contributed by atoms with Gasteiger partial charge >= 0.3 is 0 Å². The molecule has 1 aromatic carbocycles. The second kappa shape index (κ2) is 7.30. The van der Waals surface area contributed by atoms with Gasteiger partial charge in [-0.15, -0.1) is 11.3 Å². The van der Waals surface area contributed by atoms with Gasteiger partial charge in [-0.1, -0.05) is 11.6 Å². The van der Waals surface area contributed by atoms with E-state index in [1.54, 1.807) is 12.3 Å². The first-order valence-corrected chi connectivity index (χ1v) is 10.6. The van der Waals surface area contributed by atoms with Crippen LogP contribution in [0.2, 0.25) is 5.02 Å². The highest BCUT2D eigenvalue weighted by atomic mass is 35.5. The van der Waals surface area contributed by atoms with Gasteiger partial charge in [0.15, 0.2) is 6.10 Å². The average Bonchev–Trinajstić information content (AvgIpc) is 3.36. The molecule has 2 aliphatic heterocycles. The summed E-state index contributed by atoms with van der Waals surface area (Å²) in [4.78, 5) is 19.8. The number of nitriles is 1. The van der Waals surface area contributed by atoms with E-state index in [0.29, 0.717) is 35.2 Å². The molecule has 0 saturated carbocycles. The molecule has 1 saturated heterocycles. The number of nitrogens with one attached hydrogen (secondary N) is 1. The van der Waals surface area contributed by atoms with Crippen LogP contribution in [0, 0.1) is 11.3 Å². The molecule has 1 fully saturated rings. The van der Waals surface area contributed by atoms with Crippen LogP contribution in [0.1, 0.15) is 10.4 Å². The van der Waals surface area contributed by atoms with E-state index in [-0.39, 0.29) is 5.91 Å². The van der Waals surface area contributed by atoms with Crippen molar-refractivity contribution >= 4 is 39.1 Å². The highest BCUT2D eigenvalue weighted by Gasteiger charge is 2.35. The Morgan fingerprint density at radius 1 is 1.31 bits per heavy atom. The SMILES string of the molecule is N#Cc1cc2nccc(-c3cc(Cl)cc4c3O[C@@H](C(=O)N3CCNCC3)C4)c2s1. The number of ether oxygens (including phenoxy) is 1. The summed E-state index contributed by atoms with van der Waals surface area (Å²) in [5.41, 5.74) is 3.45. The Bertz CT molecular complexity index is 1160. The fraction of sp³-hybridized carbons (Fsp3) is 0.286. The zero-order chi connectivity index (χ0) is 20.0. The number of hydrogen-bond donors (Lipinski definition) is 1. The Kier molecular flexibility index (Phi) is 4.63. The van der Waals surface area contributed by atoms with Crippen molar-refractivity contribution in [3.63, 3.8) is 0 Å². The number of benzene rings is 1. The molecule has 2 aromatic heterocycles. The molecule has 146 valence electrons. The maximum absolute atomic E-state index is 13.0. The Morgan fingerprint density at radius 2 is 2.14 bits per heavy atom. The first-order valence-electron chi connectivity index (χ1n) is 9.41. The number of carbonyl (C=O) groups is 1. The number of aromatic nitrogens is 1. The van der Waals surface area contributed by atoms with Crippen LogP contribution in [0.25, 0.3) is 21.3 Å². The number of amides is 1. The van der Waals surface area contributed by atoms with Crippen molar-refractivity contribution in [1.29, 1.82) is 5.26 Å². The minimum absolute atomic E-state index is 0.0209. The van der Waals surface area contributed by atoms with Crippen molar-refractivity contribution in [2.75, 3.05) is 26.2 Å². The normalized spacial score (nSPS) is 18.3. The van der Waals surface area contributed by atoms with Gasteiger partial charge in [0.2, 0.25) is 0 Å². The number of carbonyl (C=O) groups excluding carboxylic acids is 1. The molecular weight excluding hydrogens is 408 g/mol. The van der Waals surface area contributed by atoms with Crippen LogP contribution < -0.4 is 10.1 Å². The third-order valence-electron chi connectivity index (χ3n) is 5.31. The monoisotopic (exact) mass is 424 g/mol.